The fraction of sp³-hybridized carbons (Fsp3) is 0.364. The molecule has 0 bridgehead atoms. The average molecular weight is 277 g/mol. The lowest BCUT2D eigenvalue weighted by Crippen LogP contribution is -2.30. The van der Waals surface area contributed by atoms with Gasteiger partial charge < -0.3 is 0 Å². The van der Waals surface area contributed by atoms with E-state index in [1.165, 1.54) is 21.5 Å². The van der Waals surface area contributed by atoms with Crippen molar-refractivity contribution in [1.29, 1.82) is 0 Å². The summed E-state index contributed by atoms with van der Waals surface area (Å²) in [5, 5.41) is 7.47. The van der Waals surface area contributed by atoms with Crippen molar-refractivity contribution in [3.63, 3.8) is 0 Å². The number of nitrogens with two attached hydrogens (primary N) is 1. The summed E-state index contributed by atoms with van der Waals surface area (Å²) < 4.78 is 3.01. The Kier molecular flexibility index (Phi) is 3.89. The molecule has 0 saturated carbocycles. The van der Waals surface area contributed by atoms with Crippen molar-refractivity contribution in [1.82, 2.24) is 30.0 Å². The van der Waals surface area contributed by atoms with Gasteiger partial charge in [0.05, 0.1) is 12.7 Å². The SMILES string of the molecule is Cc1cc(=O)n(CCn2cc(C(=O)NN)nn2)c(C)n1. The fourth-order valence-corrected chi connectivity index (χ4v) is 1.82. The minimum atomic E-state index is -0.512. The second-order valence-corrected chi connectivity index (χ2v) is 4.27. The number of aromatic nitrogens is 5. The minimum Gasteiger partial charge on any atom is -0.295 e. The van der Waals surface area contributed by atoms with Crippen molar-refractivity contribution in [2.24, 2.45) is 5.84 Å². The maximum Gasteiger partial charge on any atom is 0.287 e. The number of carbonyl (C=O) groups excluding carboxylic acids is 1. The smallest absolute Gasteiger partial charge is 0.287 e. The van der Waals surface area contributed by atoms with Crippen LogP contribution in [0, 0.1) is 13.8 Å². The molecule has 0 radical (unpaired) electrons. The monoisotopic (exact) mass is 277 g/mol. The van der Waals surface area contributed by atoms with Crippen LogP contribution in [0.3, 0.4) is 0 Å². The number of aryl methyl sites for hydroxylation is 3. The maximum atomic E-state index is 11.8. The van der Waals surface area contributed by atoms with Gasteiger partial charge in [-0.25, -0.2) is 15.5 Å². The number of rotatable bonds is 4. The Labute approximate surface area is 114 Å². The van der Waals surface area contributed by atoms with E-state index in [4.69, 9.17) is 5.84 Å². The second kappa shape index (κ2) is 5.61. The van der Waals surface area contributed by atoms with Crippen LogP contribution in [0.2, 0.25) is 0 Å². The molecule has 9 heteroatoms. The summed E-state index contributed by atoms with van der Waals surface area (Å²) in [6.07, 6.45) is 1.46. The van der Waals surface area contributed by atoms with E-state index >= 15 is 0 Å². The number of amides is 1. The fourth-order valence-electron chi connectivity index (χ4n) is 1.82. The van der Waals surface area contributed by atoms with E-state index in [9.17, 15) is 9.59 Å². The molecular weight excluding hydrogens is 262 g/mol. The molecule has 0 spiro atoms. The highest BCUT2D eigenvalue weighted by molar-refractivity contribution is 5.91. The number of nitrogens with zero attached hydrogens (tertiary/aromatic N) is 5. The standard InChI is InChI=1S/C11H15N7O2/c1-7-5-10(19)18(8(2)13-7)4-3-17-6-9(15-16-17)11(20)14-12/h5-6H,3-4,12H2,1-2H3,(H,14,20). The van der Waals surface area contributed by atoms with E-state index in [2.05, 4.69) is 15.3 Å². The van der Waals surface area contributed by atoms with Crippen LogP contribution in [-0.2, 0) is 13.1 Å². The Hall–Kier alpha value is -2.55. The van der Waals surface area contributed by atoms with Crippen LogP contribution in [0.1, 0.15) is 22.0 Å². The van der Waals surface area contributed by atoms with Gasteiger partial charge in [0.2, 0.25) is 0 Å². The molecule has 0 aromatic carbocycles. The zero-order valence-electron chi connectivity index (χ0n) is 11.2. The van der Waals surface area contributed by atoms with E-state index in [1.807, 2.05) is 5.43 Å². The summed E-state index contributed by atoms with van der Waals surface area (Å²) in [6, 6.07) is 1.47. The molecule has 0 saturated heterocycles. The first-order valence-corrected chi connectivity index (χ1v) is 5.97. The molecule has 0 fully saturated rings. The van der Waals surface area contributed by atoms with Crippen molar-refractivity contribution in [3.8, 4) is 0 Å². The van der Waals surface area contributed by atoms with E-state index in [0.717, 1.165) is 0 Å². The van der Waals surface area contributed by atoms with Crippen molar-refractivity contribution < 1.29 is 4.79 Å². The number of nitrogen functional groups attached to an aromatic ring is 1. The number of hydrogen-bond donors (Lipinski definition) is 2. The van der Waals surface area contributed by atoms with Gasteiger partial charge in [0, 0.05) is 18.3 Å². The lowest BCUT2D eigenvalue weighted by molar-refractivity contribution is 0.0948. The van der Waals surface area contributed by atoms with Gasteiger partial charge in [-0.15, -0.1) is 5.10 Å². The number of hydrogen-bond acceptors (Lipinski definition) is 6. The first kappa shape index (κ1) is 13.9. The number of nitrogens with one attached hydrogen (secondary N) is 1. The third-order valence-corrected chi connectivity index (χ3v) is 2.78. The molecule has 20 heavy (non-hydrogen) atoms. The van der Waals surface area contributed by atoms with Crippen LogP contribution in [0.25, 0.3) is 0 Å². The number of carbonyl (C=O) groups is 1. The third kappa shape index (κ3) is 2.88. The molecule has 2 rings (SSSR count). The van der Waals surface area contributed by atoms with E-state index in [0.29, 0.717) is 24.6 Å². The van der Waals surface area contributed by atoms with Gasteiger partial charge in [-0.3, -0.25) is 19.6 Å². The molecule has 2 heterocycles. The van der Waals surface area contributed by atoms with E-state index in [1.54, 1.807) is 13.8 Å². The molecule has 2 aromatic rings. The predicted molar refractivity (Wildman–Crippen MR) is 69.6 cm³/mol. The Morgan fingerprint density at radius 1 is 1.40 bits per heavy atom. The summed E-state index contributed by atoms with van der Waals surface area (Å²) in [7, 11) is 0. The minimum absolute atomic E-state index is 0.116. The van der Waals surface area contributed by atoms with Gasteiger partial charge in [0.1, 0.15) is 5.82 Å². The van der Waals surface area contributed by atoms with E-state index < -0.39 is 5.91 Å². The highest BCUT2D eigenvalue weighted by atomic mass is 16.2. The Morgan fingerprint density at radius 2 is 2.15 bits per heavy atom. The maximum absolute atomic E-state index is 11.8. The molecule has 1 amide bonds. The van der Waals surface area contributed by atoms with Crippen molar-refractivity contribution in [2.75, 3.05) is 0 Å². The third-order valence-electron chi connectivity index (χ3n) is 2.78. The molecule has 2 aromatic heterocycles. The lowest BCUT2D eigenvalue weighted by Gasteiger charge is -2.09. The summed E-state index contributed by atoms with van der Waals surface area (Å²) in [4.78, 5) is 27.3. The van der Waals surface area contributed by atoms with Gasteiger partial charge in [0.15, 0.2) is 5.69 Å². The van der Waals surface area contributed by atoms with Crippen LogP contribution in [0.5, 0.6) is 0 Å². The Balaban J connectivity index is 2.11. The van der Waals surface area contributed by atoms with Gasteiger partial charge in [0.25, 0.3) is 11.5 Å². The largest absolute Gasteiger partial charge is 0.295 e. The first-order chi connectivity index (χ1) is 9.51. The van der Waals surface area contributed by atoms with Crippen LogP contribution in [0.15, 0.2) is 17.1 Å². The predicted octanol–water partition coefficient (Wildman–Crippen LogP) is -1.24. The van der Waals surface area contributed by atoms with Crippen LogP contribution < -0.4 is 16.8 Å². The Bertz CT molecular complexity index is 688. The van der Waals surface area contributed by atoms with Crippen molar-refractivity contribution in [3.05, 3.63) is 39.8 Å². The molecule has 0 aliphatic rings. The van der Waals surface area contributed by atoms with Crippen molar-refractivity contribution in [2.45, 2.75) is 26.9 Å². The topological polar surface area (TPSA) is 121 Å². The molecule has 3 N–H and O–H groups in total. The highest BCUT2D eigenvalue weighted by Crippen LogP contribution is 1.97. The molecule has 106 valence electrons. The van der Waals surface area contributed by atoms with Crippen LogP contribution in [0.4, 0.5) is 0 Å². The molecule has 9 nitrogen and oxygen atoms in total. The lowest BCUT2D eigenvalue weighted by atomic mass is 10.4. The molecular formula is C11H15N7O2. The van der Waals surface area contributed by atoms with Gasteiger partial charge in [-0.1, -0.05) is 5.21 Å². The van der Waals surface area contributed by atoms with Crippen molar-refractivity contribution >= 4 is 5.91 Å². The van der Waals surface area contributed by atoms with Gasteiger partial charge in [-0.2, -0.15) is 0 Å². The first-order valence-electron chi connectivity index (χ1n) is 5.97. The van der Waals surface area contributed by atoms with Gasteiger partial charge in [-0.05, 0) is 13.8 Å². The van der Waals surface area contributed by atoms with Crippen LogP contribution in [-0.4, -0.2) is 30.5 Å². The number of hydrazine groups is 1. The normalized spacial score (nSPS) is 10.6. The van der Waals surface area contributed by atoms with Gasteiger partial charge >= 0.3 is 0 Å². The summed E-state index contributed by atoms with van der Waals surface area (Å²) >= 11 is 0. The molecule has 0 unspecified atom stereocenters. The quantitative estimate of drug-likeness (QED) is 0.409. The molecule has 0 aliphatic carbocycles. The zero-order valence-corrected chi connectivity index (χ0v) is 11.2. The summed E-state index contributed by atoms with van der Waals surface area (Å²) in [6.45, 7) is 4.33. The summed E-state index contributed by atoms with van der Waals surface area (Å²) in [5.74, 6) is 5.12. The second-order valence-electron chi connectivity index (χ2n) is 4.27. The van der Waals surface area contributed by atoms with Crippen LogP contribution >= 0.6 is 0 Å². The van der Waals surface area contributed by atoms with E-state index in [-0.39, 0.29) is 11.3 Å². The average Bonchev–Trinajstić information content (AvgIpc) is 2.85. The summed E-state index contributed by atoms with van der Waals surface area (Å²) in [5.41, 5.74) is 2.67. The zero-order chi connectivity index (χ0) is 14.7. The Morgan fingerprint density at radius 3 is 2.80 bits per heavy atom. The molecule has 0 atom stereocenters. The molecule has 0 aliphatic heterocycles. The highest BCUT2D eigenvalue weighted by Gasteiger charge is 2.09.